The van der Waals surface area contributed by atoms with Crippen LogP contribution in [0.5, 0.6) is 0 Å². The summed E-state index contributed by atoms with van der Waals surface area (Å²) < 4.78 is 25.4. The predicted molar refractivity (Wildman–Crippen MR) is 130 cm³/mol. The number of rotatable bonds is 5. The average molecular weight is 421 g/mol. The molecule has 32 heavy (non-hydrogen) atoms. The molecule has 0 radical (unpaired) electrons. The smallest absolute Gasteiger partial charge is 0.210 e. The summed E-state index contributed by atoms with van der Waals surface area (Å²) in [5.74, 6) is 0. The Hall–Kier alpha value is -3.78. The van der Waals surface area contributed by atoms with Gasteiger partial charge in [-0.25, -0.2) is 8.78 Å². The largest absolute Gasteiger partial charge is 0.242 e. The maximum Gasteiger partial charge on any atom is 0.242 e. The van der Waals surface area contributed by atoms with Gasteiger partial charge >= 0.3 is 0 Å². The highest BCUT2D eigenvalue weighted by Crippen LogP contribution is 2.38. The molecule has 156 valence electrons. The lowest BCUT2D eigenvalue weighted by molar-refractivity contribution is 0.149. The number of benzene rings is 5. The highest BCUT2D eigenvalue weighted by Gasteiger charge is 2.12. The summed E-state index contributed by atoms with van der Waals surface area (Å²) in [7, 11) is 0. The zero-order valence-electron chi connectivity index (χ0n) is 17.5. The van der Waals surface area contributed by atoms with E-state index in [-0.39, 0.29) is 6.42 Å². The SMILES string of the molecule is FC(F)Cc1ccc(-c2cccc3c(-c4ccccc4-c4ccccc4)cccc23)cc1. The van der Waals surface area contributed by atoms with Crippen molar-refractivity contribution in [3.05, 3.63) is 121 Å². The molecule has 0 aliphatic carbocycles. The zero-order chi connectivity index (χ0) is 21.9. The zero-order valence-corrected chi connectivity index (χ0v) is 17.5. The summed E-state index contributed by atoms with van der Waals surface area (Å²) in [6.07, 6.45) is -2.54. The van der Waals surface area contributed by atoms with Crippen molar-refractivity contribution in [3.63, 3.8) is 0 Å². The summed E-state index contributed by atoms with van der Waals surface area (Å²) in [5.41, 5.74) is 7.54. The molecule has 0 saturated carbocycles. The Labute approximate surface area is 186 Å². The lowest BCUT2D eigenvalue weighted by Gasteiger charge is -2.15. The van der Waals surface area contributed by atoms with Gasteiger partial charge < -0.3 is 0 Å². The van der Waals surface area contributed by atoms with Crippen LogP contribution in [0, 0.1) is 0 Å². The number of fused-ring (bicyclic) bond motifs is 1. The molecule has 0 aromatic heterocycles. The van der Waals surface area contributed by atoms with E-state index in [1.807, 2.05) is 18.2 Å². The van der Waals surface area contributed by atoms with Crippen molar-refractivity contribution in [1.82, 2.24) is 0 Å². The number of halogens is 2. The Bertz CT molecular complexity index is 1350. The Kier molecular flexibility index (Phi) is 5.51. The molecule has 2 heteroatoms. The van der Waals surface area contributed by atoms with Gasteiger partial charge in [0.05, 0.1) is 0 Å². The normalized spacial score (nSPS) is 11.2. The molecule has 0 heterocycles. The molecule has 5 aromatic carbocycles. The first-order valence-corrected chi connectivity index (χ1v) is 10.7. The van der Waals surface area contributed by atoms with Crippen LogP contribution in [0.3, 0.4) is 0 Å². The average Bonchev–Trinajstić information content (AvgIpc) is 2.84. The molecule has 5 rings (SSSR count). The van der Waals surface area contributed by atoms with Crippen molar-refractivity contribution in [2.24, 2.45) is 0 Å². The third kappa shape index (κ3) is 3.92. The van der Waals surface area contributed by atoms with Crippen molar-refractivity contribution in [2.45, 2.75) is 12.8 Å². The number of hydrogen-bond donors (Lipinski definition) is 0. The molecule has 0 bridgehead atoms. The van der Waals surface area contributed by atoms with Gasteiger partial charge in [-0.05, 0) is 49.7 Å². The van der Waals surface area contributed by atoms with Crippen LogP contribution in [0.15, 0.2) is 115 Å². The minimum Gasteiger partial charge on any atom is -0.210 e. The fourth-order valence-corrected chi connectivity index (χ4v) is 4.38. The van der Waals surface area contributed by atoms with E-state index in [1.54, 1.807) is 12.1 Å². The Morgan fingerprint density at radius 3 is 1.66 bits per heavy atom. The molecule has 0 amide bonds. The number of alkyl halides is 2. The third-order valence-electron chi connectivity index (χ3n) is 5.88. The van der Waals surface area contributed by atoms with Crippen LogP contribution < -0.4 is 0 Å². The third-order valence-corrected chi connectivity index (χ3v) is 5.88. The van der Waals surface area contributed by atoms with Gasteiger partial charge in [0.2, 0.25) is 6.43 Å². The maximum absolute atomic E-state index is 12.7. The van der Waals surface area contributed by atoms with Gasteiger partial charge in [0, 0.05) is 6.42 Å². The molecular formula is C30H22F2. The molecule has 0 aliphatic rings. The first-order valence-electron chi connectivity index (χ1n) is 10.7. The van der Waals surface area contributed by atoms with Crippen LogP contribution in [-0.2, 0) is 6.42 Å². The topological polar surface area (TPSA) is 0 Å². The Morgan fingerprint density at radius 1 is 0.438 bits per heavy atom. The Balaban J connectivity index is 1.65. The van der Waals surface area contributed by atoms with Crippen LogP contribution in [0.25, 0.3) is 44.2 Å². The van der Waals surface area contributed by atoms with Crippen molar-refractivity contribution in [3.8, 4) is 33.4 Å². The second-order valence-electron chi connectivity index (χ2n) is 7.91. The highest BCUT2D eigenvalue weighted by atomic mass is 19.3. The van der Waals surface area contributed by atoms with E-state index >= 15 is 0 Å². The summed E-state index contributed by atoms with van der Waals surface area (Å²) in [6, 6.07) is 39.1. The first kappa shape index (κ1) is 20.1. The fraction of sp³-hybridized carbons (Fsp3) is 0.0667. The van der Waals surface area contributed by atoms with E-state index in [9.17, 15) is 8.78 Å². The monoisotopic (exact) mass is 420 g/mol. The van der Waals surface area contributed by atoms with Crippen LogP contribution >= 0.6 is 0 Å². The van der Waals surface area contributed by atoms with Gasteiger partial charge in [0.15, 0.2) is 0 Å². The van der Waals surface area contributed by atoms with Crippen LogP contribution in [-0.4, -0.2) is 6.43 Å². The maximum atomic E-state index is 12.7. The van der Waals surface area contributed by atoms with Crippen molar-refractivity contribution in [1.29, 1.82) is 0 Å². The second kappa shape index (κ2) is 8.76. The Morgan fingerprint density at radius 2 is 0.969 bits per heavy atom. The van der Waals surface area contributed by atoms with E-state index in [1.165, 1.54) is 27.6 Å². The van der Waals surface area contributed by atoms with Gasteiger partial charge in [0.1, 0.15) is 0 Å². The van der Waals surface area contributed by atoms with E-state index in [2.05, 4.69) is 84.9 Å². The molecule has 0 nitrogen and oxygen atoms in total. The minimum atomic E-state index is -2.33. The standard InChI is InChI=1S/C30H22F2/c31-30(32)20-21-16-18-23(19-17-21)25-12-6-14-29-27(25)13-7-15-28(29)26-11-5-4-10-24(26)22-8-2-1-3-9-22/h1-19,30H,20H2. The van der Waals surface area contributed by atoms with Crippen molar-refractivity contribution >= 4 is 10.8 Å². The lowest BCUT2D eigenvalue weighted by Crippen LogP contribution is -1.96. The van der Waals surface area contributed by atoms with Gasteiger partial charge in [-0.1, -0.05) is 115 Å². The first-order chi connectivity index (χ1) is 15.7. The van der Waals surface area contributed by atoms with E-state index in [0.717, 1.165) is 16.5 Å². The van der Waals surface area contributed by atoms with Crippen LogP contribution in [0.2, 0.25) is 0 Å². The molecule has 0 unspecified atom stereocenters. The second-order valence-corrected chi connectivity index (χ2v) is 7.91. The molecule has 5 aromatic rings. The molecule has 0 atom stereocenters. The van der Waals surface area contributed by atoms with E-state index < -0.39 is 6.43 Å². The molecule has 0 aliphatic heterocycles. The van der Waals surface area contributed by atoms with Crippen LogP contribution in [0.4, 0.5) is 8.78 Å². The summed E-state index contributed by atoms with van der Waals surface area (Å²) in [5, 5.41) is 2.32. The minimum absolute atomic E-state index is 0.212. The van der Waals surface area contributed by atoms with Gasteiger partial charge in [-0.2, -0.15) is 0 Å². The van der Waals surface area contributed by atoms with Gasteiger partial charge in [0.25, 0.3) is 0 Å². The molecular weight excluding hydrogens is 398 g/mol. The highest BCUT2D eigenvalue weighted by molar-refractivity contribution is 6.06. The van der Waals surface area contributed by atoms with Crippen molar-refractivity contribution in [2.75, 3.05) is 0 Å². The lowest BCUT2D eigenvalue weighted by atomic mass is 9.89. The number of hydrogen-bond acceptors (Lipinski definition) is 0. The molecule has 0 N–H and O–H groups in total. The summed E-state index contributed by atoms with van der Waals surface area (Å²) in [4.78, 5) is 0. The fourth-order valence-electron chi connectivity index (χ4n) is 4.38. The van der Waals surface area contributed by atoms with Crippen molar-refractivity contribution < 1.29 is 8.78 Å². The van der Waals surface area contributed by atoms with Gasteiger partial charge in [-0.3, -0.25) is 0 Å². The van der Waals surface area contributed by atoms with E-state index in [0.29, 0.717) is 5.56 Å². The van der Waals surface area contributed by atoms with E-state index in [4.69, 9.17) is 0 Å². The molecule has 0 saturated heterocycles. The molecule has 0 fully saturated rings. The summed E-state index contributed by atoms with van der Waals surface area (Å²) in [6.45, 7) is 0. The molecule has 0 spiro atoms. The summed E-state index contributed by atoms with van der Waals surface area (Å²) >= 11 is 0. The predicted octanol–water partition coefficient (Wildman–Crippen LogP) is 8.65. The quantitative estimate of drug-likeness (QED) is 0.267. The van der Waals surface area contributed by atoms with Crippen LogP contribution in [0.1, 0.15) is 5.56 Å². The van der Waals surface area contributed by atoms with Gasteiger partial charge in [-0.15, -0.1) is 0 Å².